The summed E-state index contributed by atoms with van der Waals surface area (Å²) < 4.78 is 6.79. The number of rotatable bonds is 5. The van der Waals surface area contributed by atoms with E-state index in [1.807, 2.05) is 49.4 Å². The maximum Gasteiger partial charge on any atom is 0.122 e. The van der Waals surface area contributed by atoms with Crippen LogP contribution in [0, 0.1) is 12.3 Å². The number of hydrogen-bond acceptors (Lipinski definition) is 2. The molecule has 0 atom stereocenters. The van der Waals surface area contributed by atoms with Gasteiger partial charge in [-0.25, -0.2) is 0 Å². The summed E-state index contributed by atoms with van der Waals surface area (Å²) in [5, 5.41) is 7.42. The Morgan fingerprint density at radius 3 is 2.65 bits per heavy atom. The van der Waals surface area contributed by atoms with Gasteiger partial charge >= 0.3 is 0 Å². The number of ether oxygens (including phenoxy) is 1. The van der Waals surface area contributed by atoms with Crippen LogP contribution in [0.5, 0.6) is 0 Å². The first kappa shape index (κ1) is 14.8. The van der Waals surface area contributed by atoms with Crippen LogP contribution >= 0.6 is 15.9 Å². The highest BCUT2D eigenvalue weighted by molar-refractivity contribution is 9.10. The molecule has 4 heteroatoms. The third-order valence-electron chi connectivity index (χ3n) is 3.07. The summed E-state index contributed by atoms with van der Waals surface area (Å²) in [6.07, 6.45) is 0. The maximum absolute atomic E-state index is 7.42. The Morgan fingerprint density at radius 2 is 2.00 bits per heavy atom. The van der Waals surface area contributed by atoms with Gasteiger partial charge in [0.1, 0.15) is 5.84 Å². The Morgan fingerprint density at radius 1 is 1.20 bits per heavy atom. The van der Waals surface area contributed by atoms with Crippen molar-refractivity contribution in [2.45, 2.75) is 20.1 Å². The summed E-state index contributed by atoms with van der Waals surface area (Å²) in [4.78, 5) is 0. The van der Waals surface area contributed by atoms with E-state index in [-0.39, 0.29) is 5.84 Å². The van der Waals surface area contributed by atoms with Gasteiger partial charge in [0.15, 0.2) is 0 Å². The molecule has 0 saturated heterocycles. The second kappa shape index (κ2) is 6.68. The lowest BCUT2D eigenvalue weighted by molar-refractivity contribution is 0.107. The Labute approximate surface area is 127 Å². The van der Waals surface area contributed by atoms with E-state index in [2.05, 4.69) is 15.9 Å². The van der Waals surface area contributed by atoms with Crippen LogP contribution in [0.3, 0.4) is 0 Å². The molecule has 0 fully saturated rings. The summed E-state index contributed by atoms with van der Waals surface area (Å²) in [6.45, 7) is 3.13. The second-order valence-corrected chi connectivity index (χ2v) is 5.59. The van der Waals surface area contributed by atoms with Gasteiger partial charge in [0.25, 0.3) is 0 Å². The summed E-state index contributed by atoms with van der Waals surface area (Å²) in [7, 11) is 0. The number of nitrogen functional groups attached to an aromatic ring is 1. The molecule has 0 unspecified atom stereocenters. The van der Waals surface area contributed by atoms with Gasteiger partial charge in [-0.05, 0) is 41.8 Å². The van der Waals surface area contributed by atoms with Crippen molar-refractivity contribution < 1.29 is 4.74 Å². The number of hydrogen-bond donors (Lipinski definition) is 2. The van der Waals surface area contributed by atoms with Crippen LogP contribution in [0.25, 0.3) is 0 Å². The Hall–Kier alpha value is -1.65. The number of nitrogens with two attached hydrogens (primary N) is 1. The number of halogens is 1. The normalized spacial score (nSPS) is 10.5. The largest absolute Gasteiger partial charge is 0.384 e. The van der Waals surface area contributed by atoms with Gasteiger partial charge in [0.05, 0.1) is 13.2 Å². The summed E-state index contributed by atoms with van der Waals surface area (Å²) >= 11 is 3.44. The highest BCUT2D eigenvalue weighted by Gasteiger charge is 2.03. The number of nitrogens with one attached hydrogen (secondary N) is 1. The first-order chi connectivity index (χ1) is 9.56. The molecule has 0 spiro atoms. The molecule has 3 nitrogen and oxygen atoms in total. The Balaban J connectivity index is 1.96. The van der Waals surface area contributed by atoms with Crippen LogP contribution in [0.1, 0.15) is 22.3 Å². The molecule has 2 aromatic rings. The Kier molecular flexibility index (Phi) is 4.93. The smallest absolute Gasteiger partial charge is 0.122 e. The van der Waals surface area contributed by atoms with E-state index in [1.165, 1.54) is 0 Å². The zero-order chi connectivity index (χ0) is 14.5. The van der Waals surface area contributed by atoms with E-state index in [0.29, 0.717) is 13.2 Å². The van der Waals surface area contributed by atoms with Crippen molar-refractivity contribution in [2.75, 3.05) is 0 Å². The minimum Gasteiger partial charge on any atom is -0.384 e. The molecule has 104 valence electrons. The highest BCUT2D eigenvalue weighted by atomic mass is 79.9. The van der Waals surface area contributed by atoms with Gasteiger partial charge in [-0.2, -0.15) is 0 Å². The van der Waals surface area contributed by atoms with E-state index >= 15 is 0 Å². The molecule has 0 radical (unpaired) electrons. The molecular weight excluding hydrogens is 316 g/mol. The fraction of sp³-hybridized carbons (Fsp3) is 0.188. The SMILES string of the molecule is Cc1cc(C(=N)N)ccc1COCc1cccc(Br)c1. The van der Waals surface area contributed by atoms with E-state index in [0.717, 1.165) is 26.7 Å². The summed E-state index contributed by atoms with van der Waals surface area (Å²) in [5.74, 6) is 0.0923. The van der Waals surface area contributed by atoms with E-state index in [4.69, 9.17) is 15.9 Å². The molecule has 0 heterocycles. The molecule has 0 saturated carbocycles. The second-order valence-electron chi connectivity index (χ2n) is 4.68. The van der Waals surface area contributed by atoms with E-state index in [1.54, 1.807) is 0 Å². The topological polar surface area (TPSA) is 59.1 Å². The highest BCUT2D eigenvalue weighted by Crippen LogP contribution is 2.15. The van der Waals surface area contributed by atoms with Gasteiger partial charge < -0.3 is 10.5 Å². The minimum absolute atomic E-state index is 0.0923. The lowest BCUT2D eigenvalue weighted by atomic mass is 10.1. The number of benzene rings is 2. The molecular formula is C16H17BrN2O. The molecule has 3 N–H and O–H groups in total. The van der Waals surface area contributed by atoms with Crippen LogP contribution in [0.15, 0.2) is 46.9 Å². The zero-order valence-electron chi connectivity index (χ0n) is 11.3. The van der Waals surface area contributed by atoms with Gasteiger partial charge in [-0.15, -0.1) is 0 Å². The molecule has 0 amide bonds. The van der Waals surface area contributed by atoms with Crippen molar-refractivity contribution >= 4 is 21.8 Å². The minimum atomic E-state index is 0.0923. The van der Waals surface area contributed by atoms with Crippen LogP contribution in [-0.4, -0.2) is 5.84 Å². The number of amidine groups is 1. The lowest BCUT2D eigenvalue weighted by Crippen LogP contribution is -2.11. The van der Waals surface area contributed by atoms with Crippen molar-refractivity contribution in [3.05, 3.63) is 69.2 Å². The fourth-order valence-corrected chi connectivity index (χ4v) is 2.38. The summed E-state index contributed by atoms with van der Waals surface area (Å²) in [6, 6.07) is 13.8. The van der Waals surface area contributed by atoms with Gasteiger partial charge in [0.2, 0.25) is 0 Å². The van der Waals surface area contributed by atoms with Crippen molar-refractivity contribution in [2.24, 2.45) is 5.73 Å². The third-order valence-corrected chi connectivity index (χ3v) is 3.56. The molecule has 2 rings (SSSR count). The molecule has 20 heavy (non-hydrogen) atoms. The average Bonchev–Trinajstić information content (AvgIpc) is 2.40. The fourth-order valence-electron chi connectivity index (χ4n) is 1.93. The first-order valence-electron chi connectivity index (χ1n) is 6.32. The van der Waals surface area contributed by atoms with E-state index < -0.39 is 0 Å². The standard InChI is InChI=1S/C16H17BrN2O/c1-11-7-13(16(18)19)5-6-14(11)10-20-9-12-3-2-4-15(17)8-12/h2-8H,9-10H2,1H3,(H3,18,19). The van der Waals surface area contributed by atoms with Gasteiger partial charge in [0, 0.05) is 10.0 Å². The lowest BCUT2D eigenvalue weighted by Gasteiger charge is -2.09. The molecule has 0 bridgehead atoms. The van der Waals surface area contributed by atoms with Crippen LogP contribution < -0.4 is 5.73 Å². The van der Waals surface area contributed by atoms with Crippen molar-refractivity contribution in [1.82, 2.24) is 0 Å². The van der Waals surface area contributed by atoms with Crippen LogP contribution in [0.4, 0.5) is 0 Å². The Bertz CT molecular complexity index is 626. The van der Waals surface area contributed by atoms with Crippen molar-refractivity contribution in [1.29, 1.82) is 5.41 Å². The monoisotopic (exact) mass is 332 g/mol. The quantitative estimate of drug-likeness (QED) is 0.647. The molecule has 2 aromatic carbocycles. The average molecular weight is 333 g/mol. The summed E-state index contributed by atoms with van der Waals surface area (Å²) in [5.41, 5.74) is 9.56. The maximum atomic E-state index is 7.42. The van der Waals surface area contributed by atoms with E-state index in [9.17, 15) is 0 Å². The molecule has 0 aliphatic rings. The van der Waals surface area contributed by atoms with Crippen molar-refractivity contribution in [3.8, 4) is 0 Å². The van der Waals surface area contributed by atoms with Gasteiger partial charge in [-0.3, -0.25) is 5.41 Å². The zero-order valence-corrected chi connectivity index (χ0v) is 12.9. The number of aryl methyl sites for hydroxylation is 1. The molecule has 0 aliphatic heterocycles. The molecule has 0 aromatic heterocycles. The van der Waals surface area contributed by atoms with Crippen LogP contribution in [-0.2, 0) is 18.0 Å². The first-order valence-corrected chi connectivity index (χ1v) is 7.11. The predicted octanol–water partition coefficient (Wildman–Crippen LogP) is 3.76. The van der Waals surface area contributed by atoms with Crippen LogP contribution in [0.2, 0.25) is 0 Å². The van der Waals surface area contributed by atoms with Crippen molar-refractivity contribution in [3.63, 3.8) is 0 Å². The predicted molar refractivity (Wildman–Crippen MR) is 84.8 cm³/mol. The third kappa shape index (κ3) is 3.92. The molecule has 0 aliphatic carbocycles. The van der Waals surface area contributed by atoms with Gasteiger partial charge in [-0.1, -0.05) is 40.2 Å².